The van der Waals surface area contributed by atoms with E-state index in [1.54, 1.807) is 0 Å². The highest BCUT2D eigenvalue weighted by molar-refractivity contribution is 5.73. The van der Waals surface area contributed by atoms with Crippen LogP contribution in [0.2, 0.25) is 0 Å². The summed E-state index contributed by atoms with van der Waals surface area (Å²) in [4.78, 5) is 23.2. The van der Waals surface area contributed by atoms with Crippen molar-refractivity contribution in [3.05, 3.63) is 0 Å². The summed E-state index contributed by atoms with van der Waals surface area (Å²) in [7, 11) is 0. The topological polar surface area (TPSA) is 187 Å². The maximum absolute atomic E-state index is 11.7. The van der Waals surface area contributed by atoms with Gasteiger partial charge in [0.05, 0.1) is 69.5 Å². The summed E-state index contributed by atoms with van der Waals surface area (Å²) in [6, 6.07) is -1.66. The van der Waals surface area contributed by atoms with Gasteiger partial charge in [-0.1, -0.05) is 6.92 Å². The molecule has 0 spiro atoms. The molecule has 192 valence electrons. The van der Waals surface area contributed by atoms with Crippen LogP contribution in [0.4, 0.5) is 0 Å². The van der Waals surface area contributed by atoms with Crippen molar-refractivity contribution >= 4 is 11.8 Å². The van der Waals surface area contributed by atoms with E-state index in [1.165, 1.54) is 13.8 Å². The average molecular weight is 479 g/mol. The summed E-state index contributed by atoms with van der Waals surface area (Å²) in [5, 5.41) is 55.8. The molecule has 10 atom stereocenters. The molecule has 0 saturated carbocycles. The quantitative estimate of drug-likeness (QED) is 0.169. The molecule has 2 aliphatic rings. The van der Waals surface area contributed by atoms with Crippen LogP contribution in [-0.4, -0.2) is 119 Å². The lowest BCUT2D eigenvalue weighted by Crippen LogP contribution is -2.64. The van der Waals surface area contributed by atoms with Crippen molar-refractivity contribution in [2.75, 3.05) is 33.0 Å². The largest absolute Gasteiger partial charge is 0.394 e. The molecular weight excluding hydrogens is 440 g/mol. The van der Waals surface area contributed by atoms with Gasteiger partial charge < -0.3 is 50.4 Å². The zero-order valence-corrected chi connectivity index (χ0v) is 19.3. The van der Waals surface area contributed by atoms with Gasteiger partial charge in [0.15, 0.2) is 0 Å². The Bertz CT molecular complexity index is 638. The second-order valence-electron chi connectivity index (χ2n) is 8.68. The van der Waals surface area contributed by atoms with Crippen LogP contribution in [0.1, 0.15) is 27.2 Å². The van der Waals surface area contributed by atoms with Crippen LogP contribution in [0.3, 0.4) is 0 Å². The second kappa shape index (κ2) is 12.9. The molecule has 10 unspecified atom stereocenters. The lowest BCUT2D eigenvalue weighted by atomic mass is 9.83. The minimum atomic E-state index is -1.17. The molecule has 2 aliphatic heterocycles. The third kappa shape index (κ3) is 6.83. The zero-order chi connectivity index (χ0) is 24.7. The predicted molar refractivity (Wildman–Crippen MR) is 114 cm³/mol. The fraction of sp³-hybridized carbons (Fsp3) is 0.905. The summed E-state index contributed by atoms with van der Waals surface area (Å²) in [6.45, 7) is 3.08. The van der Waals surface area contributed by atoms with E-state index in [1.807, 2.05) is 6.92 Å². The van der Waals surface area contributed by atoms with Crippen LogP contribution in [0, 0.1) is 11.8 Å². The summed E-state index contributed by atoms with van der Waals surface area (Å²) in [6.07, 6.45) is -4.73. The van der Waals surface area contributed by atoms with Crippen LogP contribution in [0.25, 0.3) is 0 Å². The van der Waals surface area contributed by atoms with Gasteiger partial charge in [0.2, 0.25) is 11.8 Å². The molecule has 2 amide bonds. The van der Waals surface area contributed by atoms with Gasteiger partial charge in [0, 0.05) is 25.7 Å². The van der Waals surface area contributed by atoms with E-state index < -0.39 is 73.7 Å². The number of ether oxygens (including phenoxy) is 3. The van der Waals surface area contributed by atoms with Gasteiger partial charge in [-0.05, 0) is 6.42 Å². The Morgan fingerprint density at radius 2 is 1.21 bits per heavy atom. The molecule has 0 aromatic heterocycles. The number of carbonyl (C=O) groups is 2. The van der Waals surface area contributed by atoms with Gasteiger partial charge >= 0.3 is 0 Å². The van der Waals surface area contributed by atoms with E-state index in [9.17, 15) is 35.1 Å². The van der Waals surface area contributed by atoms with E-state index in [4.69, 9.17) is 14.2 Å². The standard InChI is InChI=1S/C21H38N2O10/c1-4-12-14(5-24)33-17(19(20(12)29)23-11(3)28)9-31-8-13-15(6-25)32-16(7-26)18(21(13)30)22-10(2)27/h12-21,24-26,29-30H,4-9H2,1-3H3,(H,22,27)(H,23,28). The maximum Gasteiger partial charge on any atom is 0.217 e. The second-order valence-corrected chi connectivity index (χ2v) is 8.68. The minimum Gasteiger partial charge on any atom is -0.394 e. The normalized spacial score (nSPS) is 39.2. The number of carbonyl (C=O) groups excluding carboxylic acids is 2. The van der Waals surface area contributed by atoms with E-state index in [-0.39, 0.29) is 31.6 Å². The van der Waals surface area contributed by atoms with Crippen LogP contribution in [0.15, 0.2) is 0 Å². The molecule has 0 aliphatic carbocycles. The van der Waals surface area contributed by atoms with E-state index in [0.29, 0.717) is 6.42 Å². The monoisotopic (exact) mass is 478 g/mol. The number of rotatable bonds is 10. The van der Waals surface area contributed by atoms with E-state index in [2.05, 4.69) is 10.6 Å². The summed E-state index contributed by atoms with van der Waals surface area (Å²) in [5.74, 6) is -1.87. The molecule has 0 radical (unpaired) electrons. The molecule has 12 heteroatoms. The summed E-state index contributed by atoms with van der Waals surface area (Å²) < 4.78 is 17.3. The van der Waals surface area contributed by atoms with Crippen molar-refractivity contribution in [1.82, 2.24) is 10.6 Å². The maximum atomic E-state index is 11.7. The third-order valence-electron chi connectivity index (χ3n) is 6.41. The highest BCUT2D eigenvalue weighted by Gasteiger charge is 2.47. The fourth-order valence-corrected chi connectivity index (χ4v) is 4.75. The van der Waals surface area contributed by atoms with Crippen LogP contribution in [0.5, 0.6) is 0 Å². The Hall–Kier alpha value is -1.38. The van der Waals surface area contributed by atoms with Crippen molar-refractivity contribution in [3.63, 3.8) is 0 Å². The van der Waals surface area contributed by atoms with E-state index in [0.717, 1.165) is 0 Å². The van der Waals surface area contributed by atoms with Crippen molar-refractivity contribution in [2.45, 2.75) is 75.9 Å². The lowest BCUT2D eigenvalue weighted by Gasteiger charge is -2.45. The number of aliphatic hydroxyl groups excluding tert-OH is 5. The zero-order valence-electron chi connectivity index (χ0n) is 19.3. The third-order valence-corrected chi connectivity index (χ3v) is 6.41. The Labute approximate surface area is 193 Å². The fourth-order valence-electron chi connectivity index (χ4n) is 4.75. The number of amides is 2. The van der Waals surface area contributed by atoms with Crippen molar-refractivity contribution in [1.29, 1.82) is 0 Å². The first kappa shape index (κ1) is 27.9. The predicted octanol–water partition coefficient (Wildman–Crippen LogP) is -3.11. The van der Waals surface area contributed by atoms with Crippen LogP contribution >= 0.6 is 0 Å². The van der Waals surface area contributed by atoms with Gasteiger partial charge in [0.25, 0.3) is 0 Å². The molecular formula is C21H38N2O10. The Balaban J connectivity index is 2.09. The Morgan fingerprint density at radius 1 is 0.758 bits per heavy atom. The molecule has 33 heavy (non-hydrogen) atoms. The summed E-state index contributed by atoms with van der Waals surface area (Å²) >= 11 is 0. The highest BCUT2D eigenvalue weighted by atomic mass is 16.6. The summed E-state index contributed by atoms with van der Waals surface area (Å²) in [5.41, 5.74) is 0. The Morgan fingerprint density at radius 3 is 1.70 bits per heavy atom. The van der Waals surface area contributed by atoms with Crippen LogP contribution < -0.4 is 10.6 Å². The number of hydrogen-bond acceptors (Lipinski definition) is 10. The van der Waals surface area contributed by atoms with Crippen LogP contribution in [-0.2, 0) is 23.8 Å². The molecule has 0 aromatic carbocycles. The van der Waals surface area contributed by atoms with Gasteiger partial charge in [-0.15, -0.1) is 0 Å². The average Bonchev–Trinajstić information content (AvgIpc) is 2.77. The number of aliphatic hydroxyl groups is 5. The molecule has 0 bridgehead atoms. The molecule has 12 nitrogen and oxygen atoms in total. The smallest absolute Gasteiger partial charge is 0.217 e. The number of nitrogens with one attached hydrogen (secondary N) is 2. The van der Waals surface area contributed by atoms with Gasteiger partial charge in [-0.25, -0.2) is 0 Å². The first-order valence-corrected chi connectivity index (χ1v) is 11.3. The first-order chi connectivity index (χ1) is 15.7. The SMILES string of the molecule is CCC1C(CO)OC(COCC2C(CO)OC(CO)C(NC(C)=O)C2O)C(NC(C)=O)C1O. The van der Waals surface area contributed by atoms with Gasteiger partial charge in [0.1, 0.15) is 12.2 Å². The van der Waals surface area contributed by atoms with Gasteiger partial charge in [-0.3, -0.25) is 9.59 Å². The lowest BCUT2D eigenvalue weighted by molar-refractivity contribution is -0.204. The van der Waals surface area contributed by atoms with E-state index >= 15 is 0 Å². The minimum absolute atomic E-state index is 0.0788. The Kier molecular flexibility index (Phi) is 10.9. The molecule has 2 saturated heterocycles. The van der Waals surface area contributed by atoms with Gasteiger partial charge in [-0.2, -0.15) is 0 Å². The van der Waals surface area contributed by atoms with Crippen molar-refractivity contribution in [3.8, 4) is 0 Å². The molecule has 0 aromatic rings. The first-order valence-electron chi connectivity index (χ1n) is 11.3. The van der Waals surface area contributed by atoms with Crippen molar-refractivity contribution < 1.29 is 49.3 Å². The molecule has 7 N–H and O–H groups in total. The highest BCUT2D eigenvalue weighted by Crippen LogP contribution is 2.30. The molecule has 2 fully saturated rings. The number of hydrogen-bond donors (Lipinski definition) is 7. The molecule has 2 heterocycles. The van der Waals surface area contributed by atoms with Crippen molar-refractivity contribution in [2.24, 2.45) is 11.8 Å². The molecule has 2 rings (SSSR count).